The zero-order valence-electron chi connectivity index (χ0n) is 8.47. The van der Waals surface area contributed by atoms with Crippen LogP contribution in [-0.2, 0) is 16.6 Å². The van der Waals surface area contributed by atoms with Gasteiger partial charge in [-0.2, -0.15) is 0 Å². The second kappa shape index (κ2) is 4.32. The summed E-state index contributed by atoms with van der Waals surface area (Å²) < 4.78 is 26.2. The summed E-state index contributed by atoms with van der Waals surface area (Å²) in [5.74, 6) is 0.574. The highest BCUT2D eigenvalue weighted by atomic mass is 32.2. The third-order valence-electron chi connectivity index (χ3n) is 1.85. The van der Waals surface area contributed by atoms with E-state index in [1.165, 1.54) is 6.20 Å². The van der Waals surface area contributed by atoms with E-state index in [0.29, 0.717) is 5.82 Å². The fraction of sp³-hybridized carbons (Fsp3) is 0.250. The lowest BCUT2D eigenvalue weighted by molar-refractivity contribution is 0.581. The Morgan fingerprint density at radius 3 is 2.88 bits per heavy atom. The van der Waals surface area contributed by atoms with Crippen LogP contribution >= 0.6 is 11.3 Å². The summed E-state index contributed by atoms with van der Waals surface area (Å²) in [6.45, 7) is 1.91. The number of hydrogen-bond acceptors (Lipinski definition) is 5. The average Bonchev–Trinajstić information content (AvgIpc) is 2.85. The number of aryl methyl sites for hydroxylation is 1. The third kappa shape index (κ3) is 2.46. The van der Waals surface area contributed by atoms with Crippen LogP contribution in [0.15, 0.2) is 22.8 Å². The maximum Gasteiger partial charge on any atom is 0.252 e. The van der Waals surface area contributed by atoms with Crippen LogP contribution in [0, 0.1) is 6.92 Å². The predicted octanol–water partition coefficient (Wildman–Crippen LogP) is 0.653. The molecule has 0 amide bonds. The van der Waals surface area contributed by atoms with E-state index in [1.54, 1.807) is 19.3 Å². The number of nitrogens with one attached hydrogen (secondary N) is 2. The molecule has 2 heterocycles. The number of H-pyrrole nitrogens is 1. The van der Waals surface area contributed by atoms with Gasteiger partial charge in [-0.1, -0.05) is 0 Å². The van der Waals surface area contributed by atoms with E-state index >= 15 is 0 Å². The van der Waals surface area contributed by atoms with Crippen molar-refractivity contribution in [2.45, 2.75) is 17.7 Å². The Labute approximate surface area is 96.8 Å². The smallest absolute Gasteiger partial charge is 0.252 e. The van der Waals surface area contributed by atoms with Crippen molar-refractivity contribution in [1.29, 1.82) is 0 Å². The lowest BCUT2D eigenvalue weighted by atomic mass is 10.6. The lowest BCUT2D eigenvalue weighted by Crippen LogP contribution is -2.22. The van der Waals surface area contributed by atoms with Crippen molar-refractivity contribution >= 4 is 21.4 Å². The Morgan fingerprint density at radius 2 is 2.31 bits per heavy atom. The molecule has 0 saturated heterocycles. The van der Waals surface area contributed by atoms with Crippen LogP contribution in [0.2, 0.25) is 0 Å². The topological polar surface area (TPSA) is 87.7 Å². The summed E-state index contributed by atoms with van der Waals surface area (Å²) in [4.78, 5) is 10.6. The van der Waals surface area contributed by atoms with Crippen LogP contribution in [0.3, 0.4) is 0 Å². The zero-order valence-corrected chi connectivity index (χ0v) is 10.1. The summed E-state index contributed by atoms with van der Waals surface area (Å²) in [5.41, 5.74) is 0. The Morgan fingerprint density at radius 1 is 1.50 bits per heavy atom. The molecule has 0 bridgehead atoms. The van der Waals surface area contributed by atoms with Gasteiger partial charge in [0.1, 0.15) is 5.82 Å². The van der Waals surface area contributed by atoms with Crippen LogP contribution < -0.4 is 4.72 Å². The van der Waals surface area contributed by atoms with Gasteiger partial charge in [-0.05, 0) is 6.92 Å². The average molecular weight is 258 g/mol. The van der Waals surface area contributed by atoms with E-state index in [4.69, 9.17) is 0 Å². The van der Waals surface area contributed by atoms with Crippen LogP contribution in [0.1, 0.15) is 10.8 Å². The maximum atomic E-state index is 11.8. The molecule has 0 fully saturated rings. The first-order chi connectivity index (χ1) is 7.58. The number of hydrogen-bond donors (Lipinski definition) is 2. The number of thiazole rings is 1. The minimum atomic E-state index is -3.47. The van der Waals surface area contributed by atoms with E-state index < -0.39 is 10.0 Å². The molecule has 0 radical (unpaired) electrons. The van der Waals surface area contributed by atoms with Gasteiger partial charge < -0.3 is 4.98 Å². The van der Waals surface area contributed by atoms with Gasteiger partial charge >= 0.3 is 0 Å². The normalized spacial score (nSPS) is 11.8. The van der Waals surface area contributed by atoms with Crippen molar-refractivity contribution in [2.75, 3.05) is 0 Å². The number of aromatic amines is 1. The Bertz CT molecular complexity index is 559. The number of aromatic nitrogens is 3. The molecule has 2 aromatic rings. The highest BCUT2D eigenvalue weighted by Gasteiger charge is 2.16. The van der Waals surface area contributed by atoms with Gasteiger partial charge in [0.25, 0.3) is 10.0 Å². The van der Waals surface area contributed by atoms with E-state index in [1.807, 2.05) is 0 Å². The Kier molecular flexibility index (Phi) is 3.03. The fourth-order valence-corrected chi connectivity index (χ4v) is 3.24. The van der Waals surface area contributed by atoms with Gasteiger partial charge in [0.05, 0.1) is 17.7 Å². The molecule has 8 heteroatoms. The molecule has 86 valence electrons. The predicted molar refractivity (Wildman–Crippen MR) is 59.5 cm³/mol. The molecule has 0 aliphatic heterocycles. The largest absolute Gasteiger partial charge is 0.347 e. The summed E-state index contributed by atoms with van der Waals surface area (Å²) in [7, 11) is -3.47. The fourth-order valence-electron chi connectivity index (χ4n) is 1.10. The molecule has 2 N–H and O–H groups in total. The monoisotopic (exact) mass is 258 g/mol. The highest BCUT2D eigenvalue weighted by Crippen LogP contribution is 2.17. The minimum absolute atomic E-state index is 0.145. The highest BCUT2D eigenvalue weighted by molar-refractivity contribution is 7.91. The van der Waals surface area contributed by atoms with E-state index in [9.17, 15) is 8.42 Å². The van der Waals surface area contributed by atoms with Gasteiger partial charge in [-0.25, -0.2) is 23.1 Å². The SMILES string of the molecule is Cc1ncc(S(=O)(=O)NCc2ncc[nH]2)s1. The van der Waals surface area contributed by atoms with Crippen LogP contribution in [-0.4, -0.2) is 23.4 Å². The summed E-state index contributed by atoms with van der Waals surface area (Å²) >= 11 is 1.14. The summed E-state index contributed by atoms with van der Waals surface area (Å²) in [6, 6.07) is 0. The molecule has 0 aromatic carbocycles. The lowest BCUT2D eigenvalue weighted by Gasteiger charge is -2.01. The molecular weight excluding hydrogens is 248 g/mol. The molecule has 0 saturated carbocycles. The molecule has 0 unspecified atom stereocenters. The maximum absolute atomic E-state index is 11.8. The van der Waals surface area contributed by atoms with Crippen molar-refractivity contribution < 1.29 is 8.42 Å². The van der Waals surface area contributed by atoms with Gasteiger partial charge in [-0.3, -0.25) is 0 Å². The van der Waals surface area contributed by atoms with Gasteiger partial charge in [-0.15, -0.1) is 11.3 Å². The number of imidazole rings is 1. The van der Waals surface area contributed by atoms with Crippen LogP contribution in [0.25, 0.3) is 0 Å². The third-order valence-corrected chi connectivity index (χ3v) is 4.62. The molecule has 16 heavy (non-hydrogen) atoms. The Balaban J connectivity index is 2.09. The molecule has 0 spiro atoms. The van der Waals surface area contributed by atoms with Gasteiger partial charge in [0, 0.05) is 12.4 Å². The minimum Gasteiger partial charge on any atom is -0.347 e. The number of rotatable bonds is 4. The molecular formula is C8H10N4O2S2. The van der Waals surface area contributed by atoms with Gasteiger partial charge in [0.15, 0.2) is 4.21 Å². The molecule has 2 rings (SSSR count). The number of nitrogens with zero attached hydrogens (tertiary/aromatic N) is 2. The standard InChI is InChI=1S/C8H10N4O2S2/c1-6-11-5-8(15-6)16(13,14)12-4-7-9-2-3-10-7/h2-3,5,12H,4H2,1H3,(H,9,10). The van der Waals surface area contributed by atoms with Gasteiger partial charge in [0.2, 0.25) is 0 Å². The molecule has 6 nitrogen and oxygen atoms in total. The van der Waals surface area contributed by atoms with Crippen molar-refractivity contribution in [1.82, 2.24) is 19.7 Å². The molecule has 2 aromatic heterocycles. The van der Waals surface area contributed by atoms with Crippen molar-refractivity contribution in [3.05, 3.63) is 29.4 Å². The van der Waals surface area contributed by atoms with E-state index in [0.717, 1.165) is 16.3 Å². The first kappa shape index (κ1) is 11.2. The van der Waals surface area contributed by atoms with Crippen molar-refractivity contribution in [3.63, 3.8) is 0 Å². The Hall–Kier alpha value is -1.25. The van der Waals surface area contributed by atoms with Crippen molar-refractivity contribution in [3.8, 4) is 0 Å². The molecule has 0 aliphatic rings. The van der Waals surface area contributed by atoms with E-state index in [-0.39, 0.29) is 10.8 Å². The first-order valence-electron chi connectivity index (χ1n) is 4.48. The first-order valence-corrected chi connectivity index (χ1v) is 6.78. The number of sulfonamides is 1. The van der Waals surface area contributed by atoms with Crippen molar-refractivity contribution in [2.24, 2.45) is 0 Å². The molecule has 0 aliphatic carbocycles. The van der Waals surface area contributed by atoms with E-state index in [2.05, 4.69) is 19.7 Å². The molecule has 0 atom stereocenters. The zero-order chi connectivity index (χ0) is 11.6. The van der Waals surface area contributed by atoms with Crippen LogP contribution in [0.4, 0.5) is 0 Å². The second-order valence-corrected chi connectivity index (χ2v) is 6.29. The van der Waals surface area contributed by atoms with Crippen LogP contribution in [0.5, 0.6) is 0 Å². The second-order valence-electron chi connectivity index (χ2n) is 3.06. The summed E-state index contributed by atoms with van der Waals surface area (Å²) in [6.07, 6.45) is 4.56. The quantitative estimate of drug-likeness (QED) is 0.843. The summed E-state index contributed by atoms with van der Waals surface area (Å²) in [5, 5.41) is 0.721.